The summed E-state index contributed by atoms with van der Waals surface area (Å²) in [5.41, 5.74) is -4.30. The molecule has 1 aliphatic heterocycles. The molecule has 0 bridgehead atoms. The topological polar surface area (TPSA) is 93.9 Å². The van der Waals surface area contributed by atoms with E-state index in [2.05, 4.69) is 9.28 Å². The third-order valence-electron chi connectivity index (χ3n) is 5.15. The predicted molar refractivity (Wildman–Crippen MR) is 110 cm³/mol. The van der Waals surface area contributed by atoms with Crippen molar-refractivity contribution >= 4 is 26.8 Å². The molecule has 1 saturated heterocycles. The molecule has 1 unspecified atom stereocenters. The number of anilines is 1. The van der Waals surface area contributed by atoms with Crippen LogP contribution in [-0.2, 0) is 16.7 Å². The SMILES string of the molecule is COc1ccc(Cn2nc(N3CCC(O)C3)c3ccc(OS(=O)(=O)C(F)(F)F)cc32)cc1. The molecule has 0 radical (unpaired) electrons. The normalized spacial score (nSPS) is 17.2. The number of rotatable bonds is 6. The number of aliphatic hydroxyl groups is 1. The molecule has 8 nitrogen and oxygen atoms in total. The van der Waals surface area contributed by atoms with Gasteiger partial charge in [-0.3, -0.25) is 4.68 Å². The number of halogens is 3. The van der Waals surface area contributed by atoms with Crippen LogP contribution in [0.2, 0.25) is 0 Å². The second-order valence-electron chi connectivity index (χ2n) is 7.38. The van der Waals surface area contributed by atoms with Crippen molar-refractivity contribution in [2.75, 3.05) is 25.1 Å². The molecule has 0 aliphatic carbocycles. The number of fused-ring (bicyclic) bond motifs is 1. The van der Waals surface area contributed by atoms with Crippen molar-refractivity contribution in [1.29, 1.82) is 0 Å². The second-order valence-corrected chi connectivity index (χ2v) is 8.92. The Labute approximate surface area is 181 Å². The van der Waals surface area contributed by atoms with E-state index in [1.54, 1.807) is 23.9 Å². The molecule has 32 heavy (non-hydrogen) atoms. The highest BCUT2D eigenvalue weighted by molar-refractivity contribution is 7.88. The van der Waals surface area contributed by atoms with E-state index in [0.29, 0.717) is 42.0 Å². The summed E-state index contributed by atoms with van der Waals surface area (Å²) in [4.78, 5) is 1.88. The van der Waals surface area contributed by atoms with Gasteiger partial charge < -0.3 is 18.9 Å². The summed E-state index contributed by atoms with van der Waals surface area (Å²) < 4.78 is 72.1. The molecular weight excluding hydrogens is 451 g/mol. The molecule has 1 aliphatic rings. The van der Waals surface area contributed by atoms with Crippen LogP contribution < -0.4 is 13.8 Å². The first kappa shape index (κ1) is 22.2. The van der Waals surface area contributed by atoms with Crippen LogP contribution in [0.1, 0.15) is 12.0 Å². The third-order valence-corrected chi connectivity index (χ3v) is 6.13. The standard InChI is InChI=1S/C20H20F3N3O5S/c1-30-15-4-2-13(3-5-15)11-26-18-10-16(31-32(28,29)20(21,22)23)6-7-17(18)19(24-26)25-9-8-14(27)12-25/h2-7,10,14,27H,8-9,11-12H2,1H3. The molecule has 1 fully saturated rings. The number of alkyl halides is 3. The molecule has 1 N–H and O–H groups in total. The summed E-state index contributed by atoms with van der Waals surface area (Å²) in [6.07, 6.45) is 0.0639. The molecule has 0 saturated carbocycles. The highest BCUT2D eigenvalue weighted by atomic mass is 32.2. The van der Waals surface area contributed by atoms with E-state index < -0.39 is 27.5 Å². The van der Waals surface area contributed by atoms with Crippen molar-refractivity contribution in [3.05, 3.63) is 48.0 Å². The Morgan fingerprint density at radius 2 is 1.84 bits per heavy atom. The van der Waals surface area contributed by atoms with Gasteiger partial charge in [-0.1, -0.05) is 12.1 Å². The Balaban J connectivity index is 1.75. The first-order chi connectivity index (χ1) is 15.1. The number of benzene rings is 2. The molecule has 172 valence electrons. The quantitative estimate of drug-likeness (QED) is 0.437. The highest BCUT2D eigenvalue weighted by Crippen LogP contribution is 2.34. The van der Waals surface area contributed by atoms with E-state index in [9.17, 15) is 26.7 Å². The Hall–Kier alpha value is -2.99. The Bertz CT molecular complexity index is 1230. The Kier molecular flexibility index (Phi) is 5.67. The summed E-state index contributed by atoms with van der Waals surface area (Å²) in [5, 5.41) is 15.1. The van der Waals surface area contributed by atoms with Crippen molar-refractivity contribution < 1.29 is 35.6 Å². The second kappa shape index (κ2) is 8.17. The number of aromatic nitrogens is 2. The predicted octanol–water partition coefficient (Wildman–Crippen LogP) is 2.89. The fourth-order valence-corrected chi connectivity index (χ4v) is 4.01. The first-order valence-corrected chi connectivity index (χ1v) is 11.1. The van der Waals surface area contributed by atoms with Crippen molar-refractivity contribution in [3.63, 3.8) is 0 Å². The minimum Gasteiger partial charge on any atom is -0.497 e. The zero-order valence-electron chi connectivity index (χ0n) is 16.9. The van der Waals surface area contributed by atoms with Gasteiger partial charge >= 0.3 is 15.6 Å². The van der Waals surface area contributed by atoms with E-state index in [4.69, 9.17) is 4.74 Å². The van der Waals surface area contributed by atoms with Crippen LogP contribution in [0, 0.1) is 0 Å². The first-order valence-electron chi connectivity index (χ1n) is 9.64. The average Bonchev–Trinajstić information content (AvgIpc) is 3.31. The molecule has 1 aromatic heterocycles. The van der Waals surface area contributed by atoms with Crippen LogP contribution in [0.3, 0.4) is 0 Å². The number of nitrogens with zero attached hydrogens (tertiary/aromatic N) is 3. The van der Waals surface area contributed by atoms with Gasteiger partial charge in [0.25, 0.3) is 0 Å². The maximum atomic E-state index is 12.7. The van der Waals surface area contributed by atoms with Crippen molar-refractivity contribution in [3.8, 4) is 11.5 Å². The fourth-order valence-electron chi connectivity index (χ4n) is 3.55. The molecule has 0 amide bonds. The van der Waals surface area contributed by atoms with E-state index in [1.165, 1.54) is 12.1 Å². The van der Waals surface area contributed by atoms with Gasteiger partial charge in [-0.25, -0.2) is 0 Å². The number of aliphatic hydroxyl groups excluding tert-OH is 1. The Morgan fingerprint density at radius 3 is 2.44 bits per heavy atom. The summed E-state index contributed by atoms with van der Waals surface area (Å²) in [5.74, 6) is 0.743. The maximum absolute atomic E-state index is 12.7. The van der Waals surface area contributed by atoms with Gasteiger partial charge in [0.1, 0.15) is 11.5 Å². The van der Waals surface area contributed by atoms with E-state index in [0.717, 1.165) is 11.6 Å². The summed E-state index contributed by atoms with van der Waals surface area (Å²) in [6, 6.07) is 11.0. The number of hydrogen-bond donors (Lipinski definition) is 1. The van der Waals surface area contributed by atoms with Crippen molar-refractivity contribution in [2.45, 2.75) is 24.6 Å². The third kappa shape index (κ3) is 4.32. The van der Waals surface area contributed by atoms with Crippen LogP contribution in [-0.4, -0.2) is 55.1 Å². The maximum Gasteiger partial charge on any atom is 0.534 e. The number of ether oxygens (including phenoxy) is 1. The molecule has 2 aromatic carbocycles. The van der Waals surface area contributed by atoms with Crippen LogP contribution in [0.25, 0.3) is 10.9 Å². The van der Waals surface area contributed by atoms with Crippen LogP contribution in [0.4, 0.5) is 19.0 Å². The Morgan fingerprint density at radius 1 is 1.16 bits per heavy atom. The van der Waals surface area contributed by atoms with Crippen LogP contribution in [0.15, 0.2) is 42.5 Å². The molecule has 4 rings (SSSR count). The fraction of sp³-hybridized carbons (Fsp3) is 0.350. The minimum atomic E-state index is -5.80. The molecule has 3 aromatic rings. The average molecular weight is 471 g/mol. The van der Waals surface area contributed by atoms with Gasteiger partial charge in [0, 0.05) is 24.5 Å². The highest BCUT2D eigenvalue weighted by Gasteiger charge is 2.48. The van der Waals surface area contributed by atoms with E-state index >= 15 is 0 Å². The molecule has 12 heteroatoms. The lowest BCUT2D eigenvalue weighted by Crippen LogP contribution is -2.28. The molecule has 1 atom stereocenters. The largest absolute Gasteiger partial charge is 0.534 e. The molecular formula is C20H20F3N3O5S. The summed E-state index contributed by atoms with van der Waals surface area (Å²) in [7, 11) is -4.26. The van der Waals surface area contributed by atoms with Gasteiger partial charge in [-0.15, -0.1) is 0 Å². The smallest absolute Gasteiger partial charge is 0.497 e. The monoisotopic (exact) mass is 471 g/mol. The lowest BCUT2D eigenvalue weighted by molar-refractivity contribution is -0.0500. The zero-order chi connectivity index (χ0) is 23.1. The van der Waals surface area contributed by atoms with Crippen molar-refractivity contribution in [2.24, 2.45) is 0 Å². The minimum absolute atomic E-state index is 0.270. The van der Waals surface area contributed by atoms with E-state index in [1.807, 2.05) is 17.0 Å². The summed E-state index contributed by atoms with van der Waals surface area (Å²) in [6.45, 7) is 1.21. The van der Waals surface area contributed by atoms with Gasteiger partial charge in [0.05, 0.1) is 25.3 Å². The van der Waals surface area contributed by atoms with Crippen molar-refractivity contribution in [1.82, 2.24) is 9.78 Å². The van der Waals surface area contributed by atoms with Crippen LogP contribution in [0.5, 0.6) is 11.5 Å². The van der Waals surface area contributed by atoms with Gasteiger partial charge in [0.2, 0.25) is 0 Å². The lowest BCUT2D eigenvalue weighted by Gasteiger charge is -2.14. The number of methoxy groups -OCH3 is 1. The lowest BCUT2D eigenvalue weighted by atomic mass is 10.2. The summed E-state index contributed by atoms with van der Waals surface area (Å²) >= 11 is 0. The zero-order valence-corrected chi connectivity index (χ0v) is 17.7. The van der Waals surface area contributed by atoms with Gasteiger partial charge in [-0.2, -0.15) is 26.7 Å². The number of β-amino-alcohol motifs (C(OH)–C–C–N with tert-alkyl or cyclic N) is 1. The van der Waals surface area contributed by atoms with E-state index in [-0.39, 0.29) is 6.54 Å². The van der Waals surface area contributed by atoms with Gasteiger partial charge in [-0.05, 0) is 36.2 Å². The molecule has 2 heterocycles. The van der Waals surface area contributed by atoms with Gasteiger partial charge in [0.15, 0.2) is 5.82 Å². The van der Waals surface area contributed by atoms with Crippen LogP contribution >= 0.6 is 0 Å². The molecule has 0 spiro atoms. The number of hydrogen-bond acceptors (Lipinski definition) is 7.